The Labute approximate surface area is 216 Å². The van der Waals surface area contributed by atoms with Crippen LogP contribution in [0.2, 0.25) is 5.02 Å². The maximum atomic E-state index is 13.0. The molecule has 1 aliphatic rings. The van der Waals surface area contributed by atoms with Crippen molar-refractivity contribution in [3.05, 3.63) is 85.2 Å². The summed E-state index contributed by atoms with van der Waals surface area (Å²) >= 11 is 11.0. The number of esters is 1. The van der Waals surface area contributed by atoms with Crippen LogP contribution in [0.3, 0.4) is 0 Å². The highest BCUT2D eigenvalue weighted by molar-refractivity contribution is 9.10. The summed E-state index contributed by atoms with van der Waals surface area (Å²) in [7, 11) is 0. The van der Waals surface area contributed by atoms with E-state index < -0.39 is 5.97 Å². The molecule has 4 rings (SSSR count). The van der Waals surface area contributed by atoms with Gasteiger partial charge in [0, 0.05) is 29.0 Å². The summed E-state index contributed by atoms with van der Waals surface area (Å²) in [5, 5.41) is 3.77. The number of halogens is 3. The molecule has 1 aromatic heterocycles. The van der Waals surface area contributed by atoms with Crippen molar-refractivity contribution in [2.45, 2.75) is 26.4 Å². The van der Waals surface area contributed by atoms with E-state index in [0.29, 0.717) is 21.2 Å². The molecule has 174 valence electrons. The molecular formula is C24H23BrCl2N2O3S. The van der Waals surface area contributed by atoms with E-state index in [4.69, 9.17) is 16.3 Å². The van der Waals surface area contributed by atoms with Crippen molar-refractivity contribution in [3.8, 4) is 0 Å². The van der Waals surface area contributed by atoms with Crippen molar-refractivity contribution < 1.29 is 14.3 Å². The third-order valence-electron chi connectivity index (χ3n) is 5.26. The molecule has 1 amide bonds. The molecule has 2 heterocycles. The van der Waals surface area contributed by atoms with Gasteiger partial charge in [0.25, 0.3) is 5.91 Å². The maximum Gasteiger partial charge on any atom is 0.341 e. The van der Waals surface area contributed by atoms with Crippen molar-refractivity contribution in [3.63, 3.8) is 0 Å². The van der Waals surface area contributed by atoms with Crippen LogP contribution in [0.1, 0.15) is 43.6 Å². The SMILES string of the molecule is CCOC(=O)c1c(NC(=O)c2cc(Br)ccc2Cl)sc2c1CCN(Cc1ccccc1)C2.Cl. The second kappa shape index (κ2) is 11.5. The van der Waals surface area contributed by atoms with E-state index in [2.05, 4.69) is 38.3 Å². The highest BCUT2D eigenvalue weighted by Crippen LogP contribution is 2.38. The van der Waals surface area contributed by atoms with Gasteiger partial charge in [-0.3, -0.25) is 9.69 Å². The number of ether oxygens (including phenoxy) is 1. The van der Waals surface area contributed by atoms with E-state index >= 15 is 0 Å². The summed E-state index contributed by atoms with van der Waals surface area (Å²) in [6.45, 7) is 4.43. The lowest BCUT2D eigenvalue weighted by atomic mass is 10.0. The van der Waals surface area contributed by atoms with Crippen LogP contribution in [0.25, 0.3) is 0 Å². The minimum absolute atomic E-state index is 0. The zero-order valence-electron chi connectivity index (χ0n) is 17.9. The number of hydrogen-bond donors (Lipinski definition) is 1. The number of nitrogens with one attached hydrogen (secondary N) is 1. The topological polar surface area (TPSA) is 58.6 Å². The predicted octanol–water partition coefficient (Wildman–Crippen LogP) is 6.57. The van der Waals surface area contributed by atoms with E-state index in [1.807, 2.05) is 18.2 Å². The Bertz CT molecular complexity index is 1150. The molecule has 0 fully saturated rings. The van der Waals surface area contributed by atoms with Gasteiger partial charge in [-0.2, -0.15) is 0 Å². The Kier molecular flexibility index (Phi) is 8.95. The molecule has 2 aromatic carbocycles. The molecule has 1 aliphatic heterocycles. The molecule has 0 atom stereocenters. The number of nitrogens with zero attached hydrogens (tertiary/aromatic N) is 1. The average molecular weight is 570 g/mol. The molecule has 5 nitrogen and oxygen atoms in total. The fourth-order valence-electron chi connectivity index (χ4n) is 3.78. The summed E-state index contributed by atoms with van der Waals surface area (Å²) in [6, 6.07) is 15.4. The minimum Gasteiger partial charge on any atom is -0.462 e. The summed E-state index contributed by atoms with van der Waals surface area (Å²) < 4.78 is 6.06. The molecule has 3 aromatic rings. The quantitative estimate of drug-likeness (QED) is 0.341. The predicted molar refractivity (Wildman–Crippen MR) is 139 cm³/mol. The zero-order valence-corrected chi connectivity index (χ0v) is 21.9. The highest BCUT2D eigenvalue weighted by atomic mass is 79.9. The highest BCUT2D eigenvalue weighted by Gasteiger charge is 2.30. The van der Waals surface area contributed by atoms with Gasteiger partial charge in [-0.05, 0) is 42.7 Å². The molecule has 0 spiro atoms. The summed E-state index contributed by atoms with van der Waals surface area (Å²) in [4.78, 5) is 29.2. The average Bonchev–Trinajstić information content (AvgIpc) is 3.13. The monoisotopic (exact) mass is 568 g/mol. The van der Waals surface area contributed by atoms with Gasteiger partial charge in [-0.25, -0.2) is 4.79 Å². The molecule has 0 bridgehead atoms. The molecule has 0 radical (unpaired) electrons. The van der Waals surface area contributed by atoms with E-state index in [1.165, 1.54) is 16.9 Å². The van der Waals surface area contributed by atoms with Crippen molar-refractivity contribution >= 4 is 68.2 Å². The number of fused-ring (bicyclic) bond motifs is 1. The van der Waals surface area contributed by atoms with E-state index in [1.54, 1.807) is 25.1 Å². The zero-order chi connectivity index (χ0) is 22.7. The standard InChI is InChI=1S/C24H22BrClN2O3S.ClH/c1-2-31-24(30)21-17-10-11-28(13-15-6-4-3-5-7-15)14-20(17)32-23(21)27-22(29)18-12-16(25)8-9-19(18)26;/h3-9,12H,2,10-11,13-14H2,1H3,(H,27,29);1H. The number of carbonyl (C=O) groups is 2. The van der Waals surface area contributed by atoms with Gasteiger partial charge < -0.3 is 10.1 Å². The third kappa shape index (κ3) is 5.97. The fourth-order valence-corrected chi connectivity index (χ4v) is 5.62. The van der Waals surface area contributed by atoms with Crippen molar-refractivity contribution in [1.29, 1.82) is 0 Å². The number of thiophene rings is 1. The van der Waals surface area contributed by atoms with Gasteiger partial charge in [0.1, 0.15) is 5.00 Å². The lowest BCUT2D eigenvalue weighted by molar-refractivity contribution is 0.0526. The maximum absolute atomic E-state index is 13.0. The number of anilines is 1. The summed E-state index contributed by atoms with van der Waals surface area (Å²) in [5.41, 5.74) is 3.02. The Hall–Kier alpha value is -1.90. The molecule has 33 heavy (non-hydrogen) atoms. The number of carbonyl (C=O) groups excluding carboxylic acids is 2. The van der Waals surface area contributed by atoms with Crippen molar-refractivity contribution in [2.24, 2.45) is 0 Å². The van der Waals surface area contributed by atoms with Gasteiger partial charge in [0.05, 0.1) is 22.8 Å². The fraction of sp³-hybridized carbons (Fsp3) is 0.250. The van der Waals surface area contributed by atoms with Crippen LogP contribution in [0, 0.1) is 0 Å². The molecule has 0 aliphatic carbocycles. The molecule has 9 heteroatoms. The van der Waals surface area contributed by atoms with Gasteiger partial charge in [0.15, 0.2) is 0 Å². The molecule has 1 N–H and O–H groups in total. The van der Waals surface area contributed by atoms with Crippen LogP contribution in [0.15, 0.2) is 53.0 Å². The van der Waals surface area contributed by atoms with Gasteiger partial charge >= 0.3 is 5.97 Å². The first-order valence-corrected chi connectivity index (χ1v) is 12.3. The summed E-state index contributed by atoms with van der Waals surface area (Å²) in [5.74, 6) is -0.765. The summed E-state index contributed by atoms with van der Waals surface area (Å²) in [6.07, 6.45) is 0.723. The number of hydrogen-bond acceptors (Lipinski definition) is 5. The Morgan fingerprint density at radius 3 is 2.70 bits per heavy atom. The number of amides is 1. The Morgan fingerprint density at radius 2 is 1.97 bits per heavy atom. The lowest BCUT2D eigenvalue weighted by Gasteiger charge is -2.27. The smallest absolute Gasteiger partial charge is 0.341 e. The molecule has 0 saturated heterocycles. The number of benzene rings is 2. The Morgan fingerprint density at radius 1 is 1.21 bits per heavy atom. The van der Waals surface area contributed by atoms with E-state index in [9.17, 15) is 9.59 Å². The minimum atomic E-state index is -0.405. The van der Waals surface area contributed by atoms with Crippen LogP contribution in [0.4, 0.5) is 5.00 Å². The van der Waals surface area contributed by atoms with Crippen LogP contribution < -0.4 is 5.32 Å². The van der Waals surface area contributed by atoms with Crippen LogP contribution in [-0.4, -0.2) is 29.9 Å². The first-order valence-electron chi connectivity index (χ1n) is 10.3. The Balaban J connectivity index is 0.00000306. The second-order valence-corrected chi connectivity index (χ2v) is 9.88. The third-order valence-corrected chi connectivity index (χ3v) is 7.22. The normalized spacial score (nSPS) is 13.1. The second-order valence-electron chi connectivity index (χ2n) is 7.45. The number of rotatable bonds is 6. The molecular weight excluding hydrogens is 547 g/mol. The van der Waals surface area contributed by atoms with Crippen molar-refractivity contribution in [2.75, 3.05) is 18.5 Å². The van der Waals surface area contributed by atoms with E-state index in [0.717, 1.165) is 41.0 Å². The largest absolute Gasteiger partial charge is 0.462 e. The first kappa shape index (κ1) is 25.7. The van der Waals surface area contributed by atoms with Crippen LogP contribution in [0.5, 0.6) is 0 Å². The van der Waals surface area contributed by atoms with Gasteiger partial charge in [0.2, 0.25) is 0 Å². The molecule has 0 unspecified atom stereocenters. The first-order chi connectivity index (χ1) is 15.5. The lowest BCUT2D eigenvalue weighted by Crippen LogP contribution is -2.29. The van der Waals surface area contributed by atoms with Gasteiger partial charge in [-0.15, -0.1) is 23.7 Å². The van der Waals surface area contributed by atoms with Crippen LogP contribution in [-0.2, 0) is 24.2 Å². The van der Waals surface area contributed by atoms with E-state index in [-0.39, 0.29) is 24.9 Å². The van der Waals surface area contributed by atoms with Gasteiger partial charge in [-0.1, -0.05) is 57.9 Å². The van der Waals surface area contributed by atoms with Crippen LogP contribution >= 0.6 is 51.3 Å². The van der Waals surface area contributed by atoms with Crippen molar-refractivity contribution in [1.82, 2.24) is 4.90 Å². The molecule has 0 saturated carbocycles.